The fourth-order valence-corrected chi connectivity index (χ4v) is 2.15. The minimum atomic E-state index is -3.88. The number of halogens is 1. The summed E-state index contributed by atoms with van der Waals surface area (Å²) < 4.78 is 27.7. The number of hydrogen-bond acceptors (Lipinski definition) is 4. The van der Waals surface area contributed by atoms with Crippen LogP contribution in [-0.4, -0.2) is 33.6 Å². The molecule has 0 atom stereocenters. The van der Waals surface area contributed by atoms with Gasteiger partial charge in [-0.1, -0.05) is 11.6 Å². The second-order valence-electron chi connectivity index (χ2n) is 4.36. The van der Waals surface area contributed by atoms with Gasteiger partial charge in [-0.2, -0.15) is 0 Å². The van der Waals surface area contributed by atoms with Gasteiger partial charge < -0.3 is 10.1 Å². The normalized spacial score (nSPS) is 11.7. The van der Waals surface area contributed by atoms with Gasteiger partial charge in [0, 0.05) is 6.54 Å². The summed E-state index contributed by atoms with van der Waals surface area (Å²) in [7, 11) is -3.88. The maximum Gasteiger partial charge on any atom is 0.252 e. The van der Waals surface area contributed by atoms with E-state index in [1.807, 2.05) is 13.8 Å². The minimum Gasteiger partial charge on any atom is -0.377 e. The SMILES string of the molecule is CC(C)OCCNC(=O)c1cc(S(N)(=O)=O)ccc1Cl. The molecule has 0 fully saturated rings. The predicted molar refractivity (Wildman–Crippen MR) is 76.2 cm³/mol. The second kappa shape index (κ2) is 7.03. The Balaban J connectivity index is 2.77. The van der Waals surface area contributed by atoms with Crippen molar-refractivity contribution in [2.75, 3.05) is 13.2 Å². The summed E-state index contributed by atoms with van der Waals surface area (Å²) in [4.78, 5) is 11.7. The zero-order chi connectivity index (χ0) is 15.3. The van der Waals surface area contributed by atoms with E-state index in [0.29, 0.717) is 13.2 Å². The molecule has 0 bridgehead atoms. The Hall–Kier alpha value is -1.15. The summed E-state index contributed by atoms with van der Waals surface area (Å²) >= 11 is 5.88. The molecule has 8 heteroatoms. The average molecular weight is 321 g/mol. The molecule has 0 aliphatic rings. The molecule has 20 heavy (non-hydrogen) atoms. The molecular weight excluding hydrogens is 304 g/mol. The van der Waals surface area contributed by atoms with Crippen LogP contribution in [0.3, 0.4) is 0 Å². The molecule has 0 unspecified atom stereocenters. The van der Waals surface area contributed by atoms with E-state index in [-0.39, 0.29) is 21.6 Å². The first-order valence-corrected chi connectivity index (χ1v) is 7.86. The van der Waals surface area contributed by atoms with Crippen LogP contribution in [0.5, 0.6) is 0 Å². The second-order valence-corrected chi connectivity index (χ2v) is 6.33. The van der Waals surface area contributed by atoms with Crippen LogP contribution in [0, 0.1) is 0 Å². The van der Waals surface area contributed by atoms with Gasteiger partial charge in [-0.3, -0.25) is 4.79 Å². The van der Waals surface area contributed by atoms with Crippen LogP contribution in [-0.2, 0) is 14.8 Å². The lowest BCUT2D eigenvalue weighted by atomic mass is 10.2. The number of amides is 1. The highest BCUT2D eigenvalue weighted by Gasteiger charge is 2.15. The Labute approximate surface area is 123 Å². The number of hydrogen-bond donors (Lipinski definition) is 2. The van der Waals surface area contributed by atoms with Crippen molar-refractivity contribution in [2.45, 2.75) is 24.8 Å². The van der Waals surface area contributed by atoms with E-state index >= 15 is 0 Å². The van der Waals surface area contributed by atoms with E-state index in [1.54, 1.807) is 0 Å². The van der Waals surface area contributed by atoms with Crippen molar-refractivity contribution in [2.24, 2.45) is 5.14 Å². The van der Waals surface area contributed by atoms with Gasteiger partial charge in [0.15, 0.2) is 0 Å². The quantitative estimate of drug-likeness (QED) is 0.768. The van der Waals surface area contributed by atoms with Crippen molar-refractivity contribution < 1.29 is 17.9 Å². The number of rotatable bonds is 6. The Morgan fingerprint density at radius 3 is 2.65 bits per heavy atom. The predicted octanol–water partition coefficient (Wildman–Crippen LogP) is 1.14. The number of nitrogens with two attached hydrogens (primary N) is 1. The molecule has 0 spiro atoms. The highest BCUT2D eigenvalue weighted by atomic mass is 35.5. The van der Waals surface area contributed by atoms with E-state index in [0.717, 1.165) is 6.07 Å². The highest BCUT2D eigenvalue weighted by Crippen LogP contribution is 2.19. The first-order chi connectivity index (χ1) is 9.21. The zero-order valence-corrected chi connectivity index (χ0v) is 12.8. The zero-order valence-electron chi connectivity index (χ0n) is 11.2. The molecule has 1 rings (SSSR count). The Kier molecular flexibility index (Phi) is 5.94. The molecular formula is C12H17ClN2O4S. The molecule has 0 aliphatic heterocycles. The summed E-state index contributed by atoms with van der Waals surface area (Å²) in [5.41, 5.74) is 0.0581. The molecule has 1 amide bonds. The number of carbonyl (C=O) groups excluding carboxylic acids is 1. The van der Waals surface area contributed by atoms with Gasteiger partial charge >= 0.3 is 0 Å². The molecule has 0 aromatic heterocycles. The lowest BCUT2D eigenvalue weighted by Crippen LogP contribution is -2.28. The number of carbonyl (C=O) groups is 1. The van der Waals surface area contributed by atoms with Crippen LogP contribution in [0.1, 0.15) is 24.2 Å². The van der Waals surface area contributed by atoms with E-state index in [2.05, 4.69) is 5.32 Å². The van der Waals surface area contributed by atoms with Crippen LogP contribution >= 0.6 is 11.6 Å². The van der Waals surface area contributed by atoms with Crippen LogP contribution in [0.4, 0.5) is 0 Å². The molecule has 0 heterocycles. The number of ether oxygens (including phenoxy) is 1. The topological polar surface area (TPSA) is 98.5 Å². The first-order valence-electron chi connectivity index (χ1n) is 5.94. The maximum absolute atomic E-state index is 11.9. The van der Waals surface area contributed by atoms with E-state index < -0.39 is 15.9 Å². The van der Waals surface area contributed by atoms with Crippen LogP contribution < -0.4 is 10.5 Å². The van der Waals surface area contributed by atoms with Crippen LogP contribution in [0.2, 0.25) is 5.02 Å². The molecule has 6 nitrogen and oxygen atoms in total. The third-order valence-electron chi connectivity index (χ3n) is 2.35. The fourth-order valence-electron chi connectivity index (χ4n) is 1.41. The van der Waals surface area contributed by atoms with Crippen molar-refractivity contribution in [1.82, 2.24) is 5.32 Å². The molecule has 0 aliphatic carbocycles. The minimum absolute atomic E-state index is 0.0581. The molecule has 0 saturated heterocycles. The molecule has 3 N–H and O–H groups in total. The monoisotopic (exact) mass is 320 g/mol. The van der Waals surface area contributed by atoms with Gasteiger partial charge in [0.2, 0.25) is 10.0 Å². The van der Waals surface area contributed by atoms with Gasteiger partial charge in [0.25, 0.3) is 5.91 Å². The van der Waals surface area contributed by atoms with Gasteiger partial charge in [-0.05, 0) is 32.0 Å². The smallest absolute Gasteiger partial charge is 0.252 e. The number of benzene rings is 1. The number of nitrogens with one attached hydrogen (secondary N) is 1. The summed E-state index contributed by atoms with van der Waals surface area (Å²) in [5.74, 6) is -0.479. The molecule has 0 radical (unpaired) electrons. The lowest BCUT2D eigenvalue weighted by molar-refractivity contribution is 0.0746. The fraction of sp³-hybridized carbons (Fsp3) is 0.417. The van der Waals surface area contributed by atoms with Gasteiger partial charge in [-0.25, -0.2) is 13.6 Å². The highest BCUT2D eigenvalue weighted by molar-refractivity contribution is 7.89. The van der Waals surface area contributed by atoms with Crippen LogP contribution in [0.15, 0.2) is 23.1 Å². The summed E-state index contributed by atoms with van der Waals surface area (Å²) in [6.07, 6.45) is 0.0706. The molecule has 1 aromatic rings. The van der Waals surface area contributed by atoms with E-state index in [1.165, 1.54) is 12.1 Å². The van der Waals surface area contributed by atoms with Crippen molar-refractivity contribution >= 4 is 27.5 Å². The Morgan fingerprint density at radius 2 is 2.10 bits per heavy atom. The third-order valence-corrected chi connectivity index (χ3v) is 3.59. The number of sulfonamides is 1. The number of primary sulfonamides is 1. The first kappa shape index (κ1) is 16.9. The van der Waals surface area contributed by atoms with Crippen molar-refractivity contribution in [1.29, 1.82) is 0 Å². The van der Waals surface area contributed by atoms with Crippen molar-refractivity contribution in [3.8, 4) is 0 Å². The summed E-state index contributed by atoms with van der Waals surface area (Å²) in [6, 6.07) is 3.72. The van der Waals surface area contributed by atoms with E-state index in [4.69, 9.17) is 21.5 Å². The standard InChI is InChI=1S/C12H17ClN2O4S/c1-8(2)19-6-5-15-12(16)10-7-9(20(14,17)18)3-4-11(10)13/h3-4,7-8H,5-6H2,1-2H3,(H,15,16)(H2,14,17,18). The molecule has 0 saturated carbocycles. The van der Waals surface area contributed by atoms with Gasteiger partial charge in [0.05, 0.1) is 28.2 Å². The van der Waals surface area contributed by atoms with Crippen LogP contribution in [0.25, 0.3) is 0 Å². The summed E-state index contributed by atoms with van der Waals surface area (Å²) in [5, 5.41) is 7.75. The third kappa shape index (κ3) is 5.09. The maximum atomic E-state index is 11.9. The van der Waals surface area contributed by atoms with E-state index in [9.17, 15) is 13.2 Å². The van der Waals surface area contributed by atoms with Crippen molar-refractivity contribution in [3.63, 3.8) is 0 Å². The van der Waals surface area contributed by atoms with Crippen molar-refractivity contribution in [3.05, 3.63) is 28.8 Å². The molecule has 112 valence electrons. The van der Waals surface area contributed by atoms with Gasteiger partial charge in [0.1, 0.15) is 0 Å². The van der Waals surface area contributed by atoms with Gasteiger partial charge in [-0.15, -0.1) is 0 Å². The summed E-state index contributed by atoms with van der Waals surface area (Å²) in [6.45, 7) is 4.42. The average Bonchev–Trinajstić information content (AvgIpc) is 2.33. The Morgan fingerprint density at radius 1 is 1.45 bits per heavy atom. The Bertz CT molecular complexity index is 587. The molecule has 1 aromatic carbocycles. The lowest BCUT2D eigenvalue weighted by Gasteiger charge is -2.10. The largest absolute Gasteiger partial charge is 0.377 e.